The van der Waals surface area contributed by atoms with Crippen LogP contribution in [0.25, 0.3) is 0 Å². The van der Waals surface area contributed by atoms with Gasteiger partial charge in [-0.2, -0.15) is 0 Å². The van der Waals surface area contributed by atoms with E-state index >= 15 is 0 Å². The first kappa shape index (κ1) is 22.9. The maximum atomic E-state index is 7.10. The molecule has 0 radical (unpaired) electrons. The fourth-order valence-corrected chi connectivity index (χ4v) is 4.69. The van der Waals surface area contributed by atoms with Gasteiger partial charge in [0.05, 0.1) is 0 Å². The molecule has 1 aromatic heterocycles. The Balaban J connectivity index is 1.43. The molecule has 1 fully saturated rings. The Morgan fingerprint density at radius 1 is 0.886 bits per heavy atom. The van der Waals surface area contributed by atoms with Gasteiger partial charge >= 0.3 is 0 Å². The van der Waals surface area contributed by atoms with Crippen LogP contribution in [0.4, 0.5) is 5.82 Å². The van der Waals surface area contributed by atoms with E-state index in [0.717, 1.165) is 55.8 Å². The molecule has 180 valence electrons. The third-order valence-electron chi connectivity index (χ3n) is 6.61. The SMILES string of the molecule is CN(C)C1=CC(N)(c2ccccc2Cc2ccccc2)N=C(N2CCN(c3ccccn3)CC2)N1. The molecule has 0 amide bonds. The van der Waals surface area contributed by atoms with Crippen LogP contribution < -0.4 is 16.0 Å². The van der Waals surface area contributed by atoms with Crippen LogP contribution in [-0.4, -0.2) is 61.0 Å². The molecule has 2 aliphatic heterocycles. The van der Waals surface area contributed by atoms with Crippen molar-refractivity contribution in [3.05, 3.63) is 108 Å². The lowest BCUT2D eigenvalue weighted by molar-refractivity contribution is 0.352. The van der Waals surface area contributed by atoms with Crippen molar-refractivity contribution in [3.8, 4) is 0 Å². The van der Waals surface area contributed by atoms with Crippen LogP contribution in [0.2, 0.25) is 0 Å². The summed E-state index contributed by atoms with van der Waals surface area (Å²) >= 11 is 0. The lowest BCUT2D eigenvalue weighted by Gasteiger charge is -2.41. The standard InChI is InChI=1S/C28H33N7/c1-33(2)26-21-28(29,24-13-7-6-12-23(24)20-22-10-4-3-5-11-22)32-27(31-26)35-18-16-34(17-19-35)25-14-8-9-15-30-25/h3-15,21H,16-20,29H2,1-2H3,(H,31,32). The lowest BCUT2D eigenvalue weighted by Crippen LogP contribution is -2.56. The zero-order valence-electron chi connectivity index (χ0n) is 20.4. The van der Waals surface area contributed by atoms with Gasteiger partial charge in [-0.1, -0.05) is 60.7 Å². The fraction of sp³-hybridized carbons (Fsp3) is 0.286. The highest BCUT2D eigenvalue weighted by Crippen LogP contribution is 2.31. The maximum Gasteiger partial charge on any atom is 0.202 e. The van der Waals surface area contributed by atoms with Crippen LogP contribution in [0.15, 0.2) is 95.9 Å². The summed E-state index contributed by atoms with van der Waals surface area (Å²) in [4.78, 5) is 16.3. The molecule has 0 saturated carbocycles. The summed E-state index contributed by atoms with van der Waals surface area (Å²) in [7, 11) is 4.05. The van der Waals surface area contributed by atoms with E-state index in [9.17, 15) is 0 Å². The van der Waals surface area contributed by atoms with Crippen molar-refractivity contribution in [2.24, 2.45) is 10.7 Å². The van der Waals surface area contributed by atoms with Crippen molar-refractivity contribution < 1.29 is 0 Å². The van der Waals surface area contributed by atoms with Gasteiger partial charge in [-0.3, -0.25) is 5.73 Å². The van der Waals surface area contributed by atoms with Crippen LogP contribution in [0, 0.1) is 0 Å². The average Bonchev–Trinajstić information content (AvgIpc) is 2.90. The predicted octanol–water partition coefficient (Wildman–Crippen LogP) is 2.97. The van der Waals surface area contributed by atoms with Crippen LogP contribution in [0.3, 0.4) is 0 Å². The average molecular weight is 468 g/mol. The Labute approximate surface area is 207 Å². The molecule has 0 bridgehead atoms. The second-order valence-electron chi connectivity index (χ2n) is 9.29. The number of rotatable bonds is 5. The minimum atomic E-state index is -0.969. The number of guanidine groups is 1. The molecular weight excluding hydrogens is 434 g/mol. The third kappa shape index (κ3) is 5.00. The Kier molecular flexibility index (Phi) is 6.42. The third-order valence-corrected chi connectivity index (χ3v) is 6.61. The number of piperazine rings is 1. The van der Waals surface area contributed by atoms with Gasteiger partial charge in [-0.05, 0) is 29.7 Å². The normalized spacial score (nSPS) is 20.1. The summed E-state index contributed by atoms with van der Waals surface area (Å²) in [6.45, 7) is 3.43. The van der Waals surface area contributed by atoms with Gasteiger partial charge < -0.3 is 20.0 Å². The quantitative estimate of drug-likeness (QED) is 0.601. The van der Waals surface area contributed by atoms with Crippen molar-refractivity contribution in [2.45, 2.75) is 12.1 Å². The zero-order valence-corrected chi connectivity index (χ0v) is 20.4. The van der Waals surface area contributed by atoms with Gasteiger partial charge in [0, 0.05) is 58.1 Å². The van der Waals surface area contributed by atoms with Crippen molar-refractivity contribution in [3.63, 3.8) is 0 Å². The first-order valence-corrected chi connectivity index (χ1v) is 12.1. The topological polar surface area (TPSA) is 73.0 Å². The summed E-state index contributed by atoms with van der Waals surface area (Å²) in [5.74, 6) is 2.77. The minimum Gasteiger partial charge on any atom is -0.364 e. The predicted molar refractivity (Wildman–Crippen MR) is 142 cm³/mol. The van der Waals surface area contributed by atoms with Crippen LogP contribution in [0.5, 0.6) is 0 Å². The molecule has 35 heavy (non-hydrogen) atoms. The number of aliphatic imine (C=N–C) groups is 1. The summed E-state index contributed by atoms with van der Waals surface area (Å²) in [6.07, 6.45) is 4.69. The molecule has 3 heterocycles. The number of anilines is 1. The van der Waals surface area contributed by atoms with E-state index in [2.05, 4.69) is 73.5 Å². The summed E-state index contributed by atoms with van der Waals surface area (Å²) in [5.41, 5.74) is 9.59. The van der Waals surface area contributed by atoms with E-state index in [0.29, 0.717) is 0 Å². The van der Waals surface area contributed by atoms with Crippen LogP contribution in [-0.2, 0) is 12.1 Å². The molecular formula is C28H33N7. The number of nitrogens with one attached hydrogen (secondary N) is 1. The second-order valence-corrected chi connectivity index (χ2v) is 9.29. The molecule has 0 spiro atoms. The van der Waals surface area contributed by atoms with E-state index in [1.165, 1.54) is 11.1 Å². The molecule has 5 rings (SSSR count). The number of hydrogen-bond acceptors (Lipinski definition) is 7. The number of pyridine rings is 1. The number of hydrogen-bond donors (Lipinski definition) is 2. The summed E-state index contributed by atoms with van der Waals surface area (Å²) in [5, 5.41) is 3.52. The number of aromatic nitrogens is 1. The highest BCUT2D eigenvalue weighted by atomic mass is 15.4. The van der Waals surface area contributed by atoms with Gasteiger partial charge in [0.15, 0.2) is 5.66 Å². The Hall–Kier alpha value is -3.84. The number of nitrogens with two attached hydrogens (primary N) is 1. The van der Waals surface area contributed by atoms with E-state index in [1.807, 2.05) is 50.6 Å². The van der Waals surface area contributed by atoms with Crippen molar-refractivity contribution in [2.75, 3.05) is 45.2 Å². The zero-order chi connectivity index (χ0) is 24.3. The Morgan fingerprint density at radius 2 is 1.57 bits per heavy atom. The van der Waals surface area contributed by atoms with E-state index < -0.39 is 5.66 Å². The van der Waals surface area contributed by atoms with E-state index in [4.69, 9.17) is 10.7 Å². The van der Waals surface area contributed by atoms with E-state index in [-0.39, 0.29) is 0 Å². The fourth-order valence-electron chi connectivity index (χ4n) is 4.69. The Bertz CT molecular complexity index is 1200. The molecule has 1 unspecified atom stereocenters. The van der Waals surface area contributed by atoms with Crippen molar-refractivity contribution in [1.29, 1.82) is 0 Å². The van der Waals surface area contributed by atoms with Gasteiger partial charge in [-0.15, -0.1) is 0 Å². The molecule has 2 aliphatic rings. The van der Waals surface area contributed by atoms with Crippen LogP contribution >= 0.6 is 0 Å². The molecule has 7 heteroatoms. The van der Waals surface area contributed by atoms with Crippen LogP contribution in [0.1, 0.15) is 16.7 Å². The van der Waals surface area contributed by atoms with Gasteiger partial charge in [0.1, 0.15) is 11.6 Å². The van der Waals surface area contributed by atoms with Crippen molar-refractivity contribution >= 4 is 11.8 Å². The summed E-state index contributed by atoms with van der Waals surface area (Å²) in [6, 6.07) is 24.9. The van der Waals surface area contributed by atoms with Gasteiger partial charge in [0.25, 0.3) is 0 Å². The molecule has 2 aromatic carbocycles. The molecule has 1 atom stereocenters. The van der Waals surface area contributed by atoms with Crippen molar-refractivity contribution in [1.82, 2.24) is 20.1 Å². The number of nitrogens with zero attached hydrogens (tertiary/aromatic N) is 5. The van der Waals surface area contributed by atoms with Gasteiger partial charge in [0.2, 0.25) is 5.96 Å². The maximum absolute atomic E-state index is 7.10. The lowest BCUT2D eigenvalue weighted by atomic mass is 9.90. The second kappa shape index (κ2) is 9.80. The van der Waals surface area contributed by atoms with Gasteiger partial charge in [-0.25, -0.2) is 9.98 Å². The molecule has 1 saturated heterocycles. The monoisotopic (exact) mass is 467 g/mol. The largest absolute Gasteiger partial charge is 0.364 e. The minimum absolute atomic E-state index is 0.808. The molecule has 3 aromatic rings. The summed E-state index contributed by atoms with van der Waals surface area (Å²) < 4.78 is 0. The first-order chi connectivity index (χ1) is 17.0. The highest BCUT2D eigenvalue weighted by molar-refractivity contribution is 5.84. The molecule has 0 aliphatic carbocycles. The Morgan fingerprint density at radius 3 is 2.29 bits per heavy atom. The smallest absolute Gasteiger partial charge is 0.202 e. The first-order valence-electron chi connectivity index (χ1n) is 12.1. The highest BCUT2D eigenvalue weighted by Gasteiger charge is 2.34. The molecule has 3 N–H and O–H groups in total. The van der Waals surface area contributed by atoms with E-state index in [1.54, 1.807) is 0 Å². The number of benzene rings is 2. The molecule has 7 nitrogen and oxygen atoms in total.